The van der Waals surface area contributed by atoms with Gasteiger partial charge in [-0.05, 0) is 37.8 Å². The lowest BCUT2D eigenvalue weighted by Crippen LogP contribution is -2.15. The molecule has 3 nitrogen and oxygen atoms in total. The summed E-state index contributed by atoms with van der Waals surface area (Å²) in [5, 5.41) is 3.53. The number of hydrogen-bond acceptors (Lipinski definition) is 3. The number of nitrogens with one attached hydrogen (secondary N) is 1. The molecule has 1 aliphatic carbocycles. The van der Waals surface area contributed by atoms with Crippen LogP contribution in [0, 0.1) is 0 Å². The van der Waals surface area contributed by atoms with Crippen molar-refractivity contribution in [3.63, 3.8) is 0 Å². The monoisotopic (exact) mass is 260 g/mol. The van der Waals surface area contributed by atoms with E-state index in [0.717, 1.165) is 42.6 Å². The second-order valence-electron chi connectivity index (χ2n) is 5.37. The van der Waals surface area contributed by atoms with Crippen molar-refractivity contribution in [2.75, 3.05) is 6.61 Å². The quantitative estimate of drug-likeness (QED) is 0.729. The number of aromatic nitrogens is 1. The molecule has 0 atom stereocenters. The minimum Gasteiger partial charge on any atom is -0.477 e. The van der Waals surface area contributed by atoms with E-state index in [-0.39, 0.29) is 0 Å². The van der Waals surface area contributed by atoms with Crippen LogP contribution < -0.4 is 10.1 Å². The second-order valence-corrected chi connectivity index (χ2v) is 5.37. The van der Waals surface area contributed by atoms with Gasteiger partial charge in [-0.25, -0.2) is 4.98 Å². The van der Waals surface area contributed by atoms with Gasteiger partial charge in [-0.2, -0.15) is 0 Å². The first kappa shape index (κ1) is 14.1. The molecular formula is C16H24N2O. The van der Waals surface area contributed by atoms with E-state index in [0.29, 0.717) is 6.61 Å². The van der Waals surface area contributed by atoms with E-state index in [2.05, 4.69) is 29.9 Å². The molecule has 0 saturated heterocycles. The van der Waals surface area contributed by atoms with E-state index in [9.17, 15) is 0 Å². The van der Waals surface area contributed by atoms with Crippen molar-refractivity contribution in [3.8, 4) is 5.88 Å². The molecule has 0 bridgehead atoms. The molecule has 19 heavy (non-hydrogen) atoms. The predicted octanol–water partition coefficient (Wildman–Crippen LogP) is 3.24. The molecule has 0 radical (unpaired) electrons. The van der Waals surface area contributed by atoms with Gasteiger partial charge in [0.1, 0.15) is 0 Å². The van der Waals surface area contributed by atoms with Gasteiger partial charge >= 0.3 is 0 Å². The summed E-state index contributed by atoms with van der Waals surface area (Å²) >= 11 is 0. The number of aryl methyl sites for hydroxylation is 1. The lowest BCUT2D eigenvalue weighted by Gasteiger charge is -2.10. The fourth-order valence-corrected chi connectivity index (χ4v) is 1.86. The molecule has 0 aliphatic heterocycles. The molecule has 1 N–H and O–H groups in total. The summed E-state index contributed by atoms with van der Waals surface area (Å²) < 4.78 is 5.72. The molecule has 104 valence electrons. The number of nitrogens with zero attached hydrogens (tertiary/aromatic N) is 1. The Morgan fingerprint density at radius 2 is 2.26 bits per heavy atom. The van der Waals surface area contributed by atoms with Crippen molar-refractivity contribution in [2.45, 2.75) is 52.1 Å². The highest BCUT2D eigenvalue weighted by Gasteiger charge is 2.20. The Hall–Kier alpha value is -1.35. The maximum Gasteiger partial charge on any atom is 0.213 e. The SMILES string of the molecule is C=C(C)CCOc1cc(CNC2CC2)cc(CC)n1. The third-order valence-electron chi connectivity index (χ3n) is 3.23. The maximum atomic E-state index is 5.72. The molecule has 1 heterocycles. The fourth-order valence-electron chi connectivity index (χ4n) is 1.86. The van der Waals surface area contributed by atoms with Gasteiger partial charge in [-0.15, -0.1) is 6.58 Å². The highest BCUT2D eigenvalue weighted by Crippen LogP contribution is 2.20. The molecule has 3 heteroatoms. The van der Waals surface area contributed by atoms with Gasteiger partial charge in [-0.1, -0.05) is 12.5 Å². The van der Waals surface area contributed by atoms with E-state index in [4.69, 9.17) is 4.74 Å². The van der Waals surface area contributed by atoms with Crippen LogP contribution in [0.3, 0.4) is 0 Å². The lowest BCUT2D eigenvalue weighted by atomic mass is 10.2. The van der Waals surface area contributed by atoms with E-state index < -0.39 is 0 Å². The summed E-state index contributed by atoms with van der Waals surface area (Å²) in [7, 11) is 0. The van der Waals surface area contributed by atoms with Crippen LogP contribution in [0.25, 0.3) is 0 Å². The number of rotatable bonds is 8. The minimum absolute atomic E-state index is 0.658. The number of pyridine rings is 1. The van der Waals surface area contributed by atoms with E-state index >= 15 is 0 Å². The minimum atomic E-state index is 0.658. The Kier molecular flexibility index (Phi) is 4.97. The average molecular weight is 260 g/mol. The molecular weight excluding hydrogens is 236 g/mol. The predicted molar refractivity (Wildman–Crippen MR) is 78.4 cm³/mol. The smallest absolute Gasteiger partial charge is 0.213 e. The molecule has 1 saturated carbocycles. The number of hydrogen-bond donors (Lipinski definition) is 1. The van der Waals surface area contributed by atoms with Crippen molar-refractivity contribution < 1.29 is 4.74 Å². The molecule has 0 amide bonds. The van der Waals surface area contributed by atoms with E-state index in [1.807, 2.05) is 13.0 Å². The topological polar surface area (TPSA) is 34.1 Å². The van der Waals surface area contributed by atoms with Crippen molar-refractivity contribution in [1.82, 2.24) is 10.3 Å². The third kappa shape index (κ3) is 5.03. The molecule has 1 aliphatic rings. The summed E-state index contributed by atoms with van der Waals surface area (Å²) in [4.78, 5) is 4.51. The van der Waals surface area contributed by atoms with Crippen molar-refractivity contribution >= 4 is 0 Å². The van der Waals surface area contributed by atoms with Crippen LogP contribution >= 0.6 is 0 Å². The Morgan fingerprint density at radius 3 is 2.89 bits per heavy atom. The van der Waals surface area contributed by atoms with Gasteiger partial charge in [0.15, 0.2) is 0 Å². The molecule has 1 fully saturated rings. The van der Waals surface area contributed by atoms with Crippen molar-refractivity contribution in [1.29, 1.82) is 0 Å². The molecule has 2 rings (SSSR count). The van der Waals surface area contributed by atoms with Crippen LogP contribution in [-0.2, 0) is 13.0 Å². The van der Waals surface area contributed by atoms with Gasteiger partial charge in [-0.3, -0.25) is 0 Å². The fraction of sp³-hybridized carbons (Fsp3) is 0.562. The van der Waals surface area contributed by atoms with Crippen molar-refractivity contribution in [3.05, 3.63) is 35.5 Å². The molecule has 1 aromatic heterocycles. The average Bonchev–Trinajstić information content (AvgIpc) is 3.19. The van der Waals surface area contributed by atoms with Gasteiger partial charge in [0, 0.05) is 30.8 Å². The molecule has 0 spiro atoms. The zero-order valence-electron chi connectivity index (χ0n) is 12.0. The summed E-state index contributed by atoms with van der Waals surface area (Å²) in [6, 6.07) is 4.94. The summed E-state index contributed by atoms with van der Waals surface area (Å²) in [5.74, 6) is 0.744. The molecule has 0 aromatic carbocycles. The van der Waals surface area contributed by atoms with Gasteiger partial charge in [0.2, 0.25) is 5.88 Å². The normalized spacial score (nSPS) is 14.4. The first-order chi connectivity index (χ1) is 9.17. The first-order valence-corrected chi connectivity index (χ1v) is 7.17. The largest absolute Gasteiger partial charge is 0.477 e. The van der Waals surface area contributed by atoms with Crippen LogP contribution in [-0.4, -0.2) is 17.6 Å². The van der Waals surface area contributed by atoms with E-state index in [1.165, 1.54) is 18.4 Å². The zero-order chi connectivity index (χ0) is 13.7. The number of ether oxygens (including phenoxy) is 1. The second kappa shape index (κ2) is 6.71. The van der Waals surface area contributed by atoms with Crippen LogP contribution in [0.4, 0.5) is 0 Å². The summed E-state index contributed by atoms with van der Waals surface area (Å²) in [6.07, 6.45) is 4.45. The lowest BCUT2D eigenvalue weighted by molar-refractivity contribution is 0.308. The van der Waals surface area contributed by atoms with Crippen LogP contribution in [0.1, 0.15) is 44.4 Å². The van der Waals surface area contributed by atoms with Crippen LogP contribution in [0.5, 0.6) is 5.88 Å². The first-order valence-electron chi connectivity index (χ1n) is 7.17. The van der Waals surface area contributed by atoms with Gasteiger partial charge in [0.05, 0.1) is 6.61 Å². The molecule has 1 aromatic rings. The van der Waals surface area contributed by atoms with Gasteiger partial charge in [0.25, 0.3) is 0 Å². The van der Waals surface area contributed by atoms with Crippen LogP contribution in [0.15, 0.2) is 24.3 Å². The Morgan fingerprint density at radius 1 is 1.47 bits per heavy atom. The Bertz CT molecular complexity index is 438. The van der Waals surface area contributed by atoms with Crippen LogP contribution in [0.2, 0.25) is 0 Å². The summed E-state index contributed by atoms with van der Waals surface area (Å²) in [5.41, 5.74) is 3.51. The highest BCUT2D eigenvalue weighted by molar-refractivity contribution is 5.25. The van der Waals surface area contributed by atoms with Gasteiger partial charge < -0.3 is 10.1 Å². The zero-order valence-corrected chi connectivity index (χ0v) is 12.0. The summed E-state index contributed by atoms with van der Waals surface area (Å²) in [6.45, 7) is 9.60. The Balaban J connectivity index is 1.95. The highest BCUT2D eigenvalue weighted by atomic mass is 16.5. The maximum absolute atomic E-state index is 5.72. The third-order valence-corrected chi connectivity index (χ3v) is 3.23. The van der Waals surface area contributed by atoms with Crippen molar-refractivity contribution in [2.24, 2.45) is 0 Å². The van der Waals surface area contributed by atoms with E-state index in [1.54, 1.807) is 0 Å². The molecule has 0 unspecified atom stereocenters. The standard InChI is InChI=1S/C16H24N2O/c1-4-14-9-13(11-17-15-5-6-15)10-16(18-14)19-8-7-12(2)3/h9-10,15,17H,2,4-8,11H2,1,3H3. The Labute approximate surface area is 116 Å².